The van der Waals surface area contributed by atoms with E-state index in [4.69, 9.17) is 4.42 Å². The van der Waals surface area contributed by atoms with Crippen LogP contribution in [0.5, 0.6) is 0 Å². The summed E-state index contributed by atoms with van der Waals surface area (Å²) in [5.41, 5.74) is 10.2. The zero-order chi connectivity index (χ0) is 32.8. The fraction of sp³-hybridized carbons (Fsp3) is 0. The van der Waals surface area contributed by atoms with Gasteiger partial charge in [-0.05, 0) is 85.9 Å². The van der Waals surface area contributed by atoms with Gasteiger partial charge in [0.15, 0.2) is 0 Å². The van der Waals surface area contributed by atoms with Gasteiger partial charge in [-0.15, -0.1) is 0 Å². The summed E-state index contributed by atoms with van der Waals surface area (Å²) in [6.45, 7) is 0. The SMILES string of the molecule is c1ccc(-n2c3ccccc3c3cc(-c4c5ccccc5c(-c5c6ccccc6cc6c5oc5ccccc56)c5ccccc45)ccc32)cc1. The molecule has 2 nitrogen and oxygen atoms in total. The average molecular weight is 636 g/mol. The number of hydrogen-bond donors (Lipinski definition) is 0. The molecule has 0 N–H and O–H groups in total. The summed E-state index contributed by atoms with van der Waals surface area (Å²) in [5.74, 6) is 0. The Balaban J connectivity index is 1.27. The first-order valence-corrected chi connectivity index (χ1v) is 17.2. The zero-order valence-electron chi connectivity index (χ0n) is 27.1. The first-order valence-electron chi connectivity index (χ1n) is 17.2. The largest absolute Gasteiger partial charge is 0.455 e. The predicted molar refractivity (Wildman–Crippen MR) is 211 cm³/mol. The molecule has 11 rings (SSSR count). The van der Waals surface area contributed by atoms with Crippen LogP contribution in [-0.2, 0) is 0 Å². The normalized spacial score (nSPS) is 12.0. The summed E-state index contributed by atoms with van der Waals surface area (Å²) in [6.07, 6.45) is 0. The zero-order valence-corrected chi connectivity index (χ0v) is 27.1. The highest BCUT2D eigenvalue weighted by molar-refractivity contribution is 6.28. The number of fused-ring (bicyclic) bond motifs is 9. The third-order valence-electron chi connectivity index (χ3n) is 10.5. The molecule has 0 aliphatic rings. The summed E-state index contributed by atoms with van der Waals surface area (Å²) >= 11 is 0. The molecule has 0 bridgehead atoms. The smallest absolute Gasteiger partial charge is 0.143 e. The summed E-state index contributed by atoms with van der Waals surface area (Å²) in [4.78, 5) is 0. The van der Waals surface area contributed by atoms with Crippen molar-refractivity contribution in [3.05, 3.63) is 176 Å². The highest BCUT2D eigenvalue weighted by Crippen LogP contribution is 2.49. The standard InChI is InChI=1S/C48H29NO/c1-2-15-32(16-3-1)49-42-24-12-10-18-34(42)40-29-31(26-27-43(40)49)45-36-20-6-8-22-38(36)46(39-23-9-7-21-37(39)45)47-33-17-5-4-14-30(33)28-41-35-19-11-13-25-44(35)50-48(41)47/h1-29H. The maximum Gasteiger partial charge on any atom is 0.143 e. The molecule has 232 valence electrons. The van der Waals surface area contributed by atoms with Gasteiger partial charge in [-0.1, -0.05) is 133 Å². The van der Waals surface area contributed by atoms with Crippen molar-refractivity contribution in [3.8, 4) is 27.9 Å². The molecular formula is C48H29NO. The van der Waals surface area contributed by atoms with Crippen molar-refractivity contribution in [2.75, 3.05) is 0 Å². The first-order chi connectivity index (χ1) is 24.8. The van der Waals surface area contributed by atoms with Crippen LogP contribution >= 0.6 is 0 Å². The minimum atomic E-state index is 0.909. The number of furan rings is 1. The second kappa shape index (κ2) is 10.4. The molecule has 2 aromatic heterocycles. The molecule has 11 aromatic rings. The Kier molecular flexibility index (Phi) is 5.70. The molecule has 0 spiro atoms. The van der Waals surface area contributed by atoms with Crippen LogP contribution in [0.2, 0.25) is 0 Å². The van der Waals surface area contributed by atoms with Crippen LogP contribution in [0, 0.1) is 0 Å². The van der Waals surface area contributed by atoms with Crippen LogP contribution in [0.3, 0.4) is 0 Å². The Morgan fingerprint density at radius 3 is 1.64 bits per heavy atom. The average Bonchev–Trinajstić information content (AvgIpc) is 3.72. The predicted octanol–water partition coefficient (Wildman–Crippen LogP) is 13.5. The Labute approximate surface area is 288 Å². The summed E-state index contributed by atoms with van der Waals surface area (Å²) in [7, 11) is 0. The highest BCUT2D eigenvalue weighted by Gasteiger charge is 2.23. The number of rotatable bonds is 3. The number of hydrogen-bond acceptors (Lipinski definition) is 1. The van der Waals surface area contributed by atoms with E-state index >= 15 is 0 Å². The quantitative estimate of drug-likeness (QED) is 0.177. The van der Waals surface area contributed by atoms with Gasteiger partial charge in [0.25, 0.3) is 0 Å². The molecule has 2 heterocycles. The highest BCUT2D eigenvalue weighted by atomic mass is 16.3. The Morgan fingerprint density at radius 2 is 0.900 bits per heavy atom. The lowest BCUT2D eigenvalue weighted by Crippen LogP contribution is -1.94. The second-order valence-electron chi connectivity index (χ2n) is 13.2. The van der Waals surface area contributed by atoms with Gasteiger partial charge in [-0.3, -0.25) is 0 Å². The Hall–Kier alpha value is -6.64. The van der Waals surface area contributed by atoms with Crippen LogP contribution in [0.15, 0.2) is 180 Å². The van der Waals surface area contributed by atoms with E-state index in [9.17, 15) is 0 Å². The molecule has 0 saturated heterocycles. The molecule has 9 aromatic carbocycles. The van der Waals surface area contributed by atoms with E-state index in [0.29, 0.717) is 0 Å². The monoisotopic (exact) mass is 635 g/mol. The molecule has 0 aliphatic heterocycles. The summed E-state index contributed by atoms with van der Waals surface area (Å²) in [5, 5.41) is 12.1. The van der Waals surface area contributed by atoms with Crippen molar-refractivity contribution in [3.63, 3.8) is 0 Å². The molecule has 0 radical (unpaired) electrons. The van der Waals surface area contributed by atoms with E-state index < -0.39 is 0 Å². The fourth-order valence-electron chi connectivity index (χ4n) is 8.46. The van der Waals surface area contributed by atoms with Crippen molar-refractivity contribution in [1.82, 2.24) is 4.57 Å². The van der Waals surface area contributed by atoms with Gasteiger partial charge in [0.05, 0.1) is 11.0 Å². The third kappa shape index (κ3) is 3.79. The van der Waals surface area contributed by atoms with Gasteiger partial charge < -0.3 is 8.98 Å². The molecule has 0 amide bonds. The van der Waals surface area contributed by atoms with Crippen molar-refractivity contribution >= 4 is 76.1 Å². The Bertz CT molecular complexity index is 3090. The van der Waals surface area contributed by atoms with Crippen molar-refractivity contribution < 1.29 is 4.42 Å². The summed E-state index contributed by atoms with van der Waals surface area (Å²) < 4.78 is 9.17. The van der Waals surface area contributed by atoms with E-state index in [1.807, 2.05) is 0 Å². The van der Waals surface area contributed by atoms with Crippen LogP contribution in [0.1, 0.15) is 0 Å². The first kappa shape index (κ1) is 27.3. The molecule has 0 saturated carbocycles. The van der Waals surface area contributed by atoms with Gasteiger partial charge in [0, 0.05) is 38.4 Å². The third-order valence-corrected chi connectivity index (χ3v) is 10.5. The molecule has 0 fully saturated rings. The lowest BCUT2D eigenvalue weighted by Gasteiger charge is -2.19. The molecular weight excluding hydrogens is 607 g/mol. The van der Waals surface area contributed by atoms with Crippen LogP contribution in [0.4, 0.5) is 0 Å². The van der Waals surface area contributed by atoms with E-state index in [1.165, 1.54) is 76.5 Å². The Morgan fingerprint density at radius 1 is 0.340 bits per heavy atom. The van der Waals surface area contributed by atoms with E-state index in [1.54, 1.807) is 0 Å². The van der Waals surface area contributed by atoms with Crippen molar-refractivity contribution in [1.29, 1.82) is 0 Å². The van der Waals surface area contributed by atoms with Gasteiger partial charge in [0.2, 0.25) is 0 Å². The van der Waals surface area contributed by atoms with Crippen LogP contribution < -0.4 is 0 Å². The van der Waals surface area contributed by atoms with Crippen LogP contribution in [-0.4, -0.2) is 4.57 Å². The van der Waals surface area contributed by atoms with Gasteiger partial charge in [-0.2, -0.15) is 0 Å². The lowest BCUT2D eigenvalue weighted by molar-refractivity contribution is 0.670. The van der Waals surface area contributed by atoms with Crippen LogP contribution in [0.25, 0.3) is 104 Å². The van der Waals surface area contributed by atoms with E-state index in [0.717, 1.165) is 27.5 Å². The topological polar surface area (TPSA) is 18.1 Å². The summed E-state index contributed by atoms with van der Waals surface area (Å²) in [6, 6.07) is 63.7. The number of para-hydroxylation sites is 3. The number of aromatic nitrogens is 1. The van der Waals surface area contributed by atoms with Gasteiger partial charge >= 0.3 is 0 Å². The van der Waals surface area contributed by atoms with E-state index in [2.05, 4.69) is 180 Å². The lowest BCUT2D eigenvalue weighted by atomic mass is 9.84. The van der Waals surface area contributed by atoms with Crippen molar-refractivity contribution in [2.45, 2.75) is 0 Å². The maximum absolute atomic E-state index is 6.78. The van der Waals surface area contributed by atoms with Gasteiger partial charge in [-0.25, -0.2) is 0 Å². The molecule has 2 heteroatoms. The maximum atomic E-state index is 6.78. The minimum Gasteiger partial charge on any atom is -0.455 e. The molecule has 0 unspecified atom stereocenters. The fourth-order valence-corrected chi connectivity index (χ4v) is 8.46. The number of benzene rings is 9. The molecule has 50 heavy (non-hydrogen) atoms. The van der Waals surface area contributed by atoms with E-state index in [-0.39, 0.29) is 0 Å². The minimum absolute atomic E-state index is 0.909. The van der Waals surface area contributed by atoms with Crippen molar-refractivity contribution in [2.24, 2.45) is 0 Å². The molecule has 0 atom stereocenters. The number of nitrogens with zero attached hydrogens (tertiary/aromatic N) is 1. The molecule has 0 aliphatic carbocycles. The van der Waals surface area contributed by atoms with Gasteiger partial charge in [0.1, 0.15) is 11.2 Å². The second-order valence-corrected chi connectivity index (χ2v) is 13.2.